The Morgan fingerprint density at radius 1 is 1.21 bits per heavy atom. The SMILES string of the molecule is CC(O)c1onc(-c2cccs2)c1C(=O)NC(C)c1ccccc1. The molecule has 0 saturated heterocycles. The summed E-state index contributed by atoms with van der Waals surface area (Å²) in [6, 6.07) is 13.3. The third-order valence-corrected chi connectivity index (χ3v) is 4.60. The molecule has 0 aliphatic carbocycles. The Morgan fingerprint density at radius 2 is 1.96 bits per heavy atom. The van der Waals surface area contributed by atoms with E-state index in [0.29, 0.717) is 5.69 Å². The Labute approximate surface area is 143 Å². The van der Waals surface area contributed by atoms with Crippen LogP contribution >= 0.6 is 11.3 Å². The van der Waals surface area contributed by atoms with Crippen molar-refractivity contribution >= 4 is 17.2 Å². The van der Waals surface area contributed by atoms with Gasteiger partial charge in [-0.05, 0) is 30.9 Å². The fraction of sp³-hybridized carbons (Fsp3) is 0.222. The maximum Gasteiger partial charge on any atom is 0.257 e. The Hall–Kier alpha value is -2.44. The van der Waals surface area contributed by atoms with E-state index >= 15 is 0 Å². The quantitative estimate of drug-likeness (QED) is 0.736. The van der Waals surface area contributed by atoms with Crippen LogP contribution in [0.3, 0.4) is 0 Å². The first-order valence-electron chi connectivity index (χ1n) is 7.65. The smallest absolute Gasteiger partial charge is 0.257 e. The second-order valence-electron chi connectivity index (χ2n) is 5.53. The molecule has 3 rings (SSSR count). The zero-order valence-corrected chi connectivity index (χ0v) is 14.2. The van der Waals surface area contributed by atoms with E-state index in [4.69, 9.17) is 4.52 Å². The minimum absolute atomic E-state index is 0.174. The molecule has 5 nitrogen and oxygen atoms in total. The normalized spacial score (nSPS) is 13.5. The van der Waals surface area contributed by atoms with Crippen molar-refractivity contribution in [2.45, 2.75) is 26.0 Å². The molecule has 3 aromatic rings. The van der Waals surface area contributed by atoms with Crippen molar-refractivity contribution < 1.29 is 14.4 Å². The fourth-order valence-corrected chi connectivity index (χ4v) is 3.19. The van der Waals surface area contributed by atoms with Gasteiger partial charge in [-0.15, -0.1) is 11.3 Å². The van der Waals surface area contributed by atoms with Gasteiger partial charge in [0.25, 0.3) is 5.91 Å². The number of amides is 1. The van der Waals surface area contributed by atoms with Crippen LogP contribution in [0.5, 0.6) is 0 Å². The van der Waals surface area contributed by atoms with Gasteiger partial charge in [0.2, 0.25) is 0 Å². The van der Waals surface area contributed by atoms with Crippen molar-refractivity contribution in [1.29, 1.82) is 0 Å². The lowest BCUT2D eigenvalue weighted by Gasteiger charge is -2.14. The molecule has 1 aromatic carbocycles. The van der Waals surface area contributed by atoms with Crippen LogP contribution < -0.4 is 5.32 Å². The fourth-order valence-electron chi connectivity index (χ4n) is 2.48. The van der Waals surface area contributed by atoms with Gasteiger partial charge in [0.05, 0.1) is 10.9 Å². The summed E-state index contributed by atoms with van der Waals surface area (Å²) in [6.45, 7) is 3.46. The van der Waals surface area contributed by atoms with Gasteiger partial charge in [-0.3, -0.25) is 4.79 Å². The summed E-state index contributed by atoms with van der Waals surface area (Å²) in [5.74, 6) is -0.136. The minimum Gasteiger partial charge on any atom is -0.385 e. The standard InChI is InChI=1S/C18H18N2O3S/c1-11(13-7-4-3-5-8-13)19-18(22)15-16(14-9-6-10-24-14)20-23-17(15)12(2)21/h3-12,21H,1-2H3,(H,19,22). The lowest BCUT2D eigenvalue weighted by molar-refractivity contribution is 0.0927. The molecule has 2 unspecified atom stereocenters. The van der Waals surface area contributed by atoms with Gasteiger partial charge in [-0.25, -0.2) is 0 Å². The molecule has 24 heavy (non-hydrogen) atoms. The topological polar surface area (TPSA) is 75.4 Å². The first-order valence-corrected chi connectivity index (χ1v) is 8.53. The first-order chi connectivity index (χ1) is 11.6. The second-order valence-corrected chi connectivity index (χ2v) is 6.48. The summed E-state index contributed by atoms with van der Waals surface area (Å²) < 4.78 is 5.24. The molecule has 2 heterocycles. The van der Waals surface area contributed by atoms with Gasteiger partial charge >= 0.3 is 0 Å². The molecular weight excluding hydrogens is 324 g/mol. The zero-order valence-electron chi connectivity index (χ0n) is 13.4. The van der Waals surface area contributed by atoms with Gasteiger partial charge < -0.3 is 14.9 Å². The molecule has 0 aliphatic heterocycles. The molecule has 6 heteroatoms. The molecule has 0 aliphatic rings. The average Bonchev–Trinajstić information content (AvgIpc) is 3.24. The number of aliphatic hydroxyl groups excluding tert-OH is 1. The number of nitrogens with one attached hydrogen (secondary N) is 1. The first kappa shape index (κ1) is 16.4. The molecule has 0 bridgehead atoms. The summed E-state index contributed by atoms with van der Waals surface area (Å²) >= 11 is 1.46. The highest BCUT2D eigenvalue weighted by atomic mass is 32.1. The van der Waals surface area contributed by atoms with E-state index in [2.05, 4.69) is 10.5 Å². The van der Waals surface area contributed by atoms with Gasteiger partial charge in [0.15, 0.2) is 5.76 Å². The number of hydrogen-bond donors (Lipinski definition) is 2. The van der Waals surface area contributed by atoms with Gasteiger partial charge in [-0.1, -0.05) is 41.6 Å². The second kappa shape index (κ2) is 6.98. The van der Waals surface area contributed by atoms with Crippen LogP contribution in [-0.4, -0.2) is 16.2 Å². The lowest BCUT2D eigenvalue weighted by atomic mass is 10.1. The van der Waals surface area contributed by atoms with Crippen molar-refractivity contribution in [3.63, 3.8) is 0 Å². The van der Waals surface area contributed by atoms with Crippen LogP contribution in [0.1, 0.15) is 47.7 Å². The van der Waals surface area contributed by atoms with Gasteiger partial charge in [0.1, 0.15) is 17.4 Å². The molecule has 0 fully saturated rings. The highest BCUT2D eigenvalue weighted by molar-refractivity contribution is 7.13. The van der Waals surface area contributed by atoms with Gasteiger partial charge in [0, 0.05) is 0 Å². The van der Waals surface area contributed by atoms with Crippen molar-refractivity contribution in [3.8, 4) is 10.6 Å². The van der Waals surface area contributed by atoms with Crippen LogP contribution in [0.2, 0.25) is 0 Å². The number of nitrogens with zero attached hydrogens (tertiary/aromatic N) is 1. The Morgan fingerprint density at radius 3 is 2.58 bits per heavy atom. The number of rotatable bonds is 5. The highest BCUT2D eigenvalue weighted by Gasteiger charge is 2.27. The third kappa shape index (κ3) is 3.25. The molecule has 1 amide bonds. The summed E-state index contributed by atoms with van der Waals surface area (Å²) in [5, 5.41) is 18.8. The number of thiophene rings is 1. The average molecular weight is 342 g/mol. The number of hydrogen-bond acceptors (Lipinski definition) is 5. The maximum atomic E-state index is 12.8. The molecule has 0 radical (unpaired) electrons. The summed E-state index contributed by atoms with van der Waals surface area (Å²) in [5.41, 5.74) is 1.74. The predicted molar refractivity (Wildman–Crippen MR) is 92.8 cm³/mol. The predicted octanol–water partition coefficient (Wildman–Crippen LogP) is 3.95. The monoisotopic (exact) mass is 342 g/mol. The van der Waals surface area contributed by atoms with Crippen molar-refractivity contribution in [2.24, 2.45) is 0 Å². The third-order valence-electron chi connectivity index (χ3n) is 3.73. The highest BCUT2D eigenvalue weighted by Crippen LogP contribution is 2.32. The van der Waals surface area contributed by atoms with Gasteiger partial charge in [-0.2, -0.15) is 0 Å². The Bertz CT molecular complexity index is 810. The van der Waals surface area contributed by atoms with Crippen LogP contribution in [0, 0.1) is 0 Å². The number of carbonyl (C=O) groups is 1. The molecule has 2 atom stereocenters. The molecule has 0 spiro atoms. The minimum atomic E-state index is -0.918. The molecule has 2 N–H and O–H groups in total. The summed E-state index contributed by atoms with van der Waals surface area (Å²) in [4.78, 5) is 13.6. The van der Waals surface area contributed by atoms with E-state index in [1.165, 1.54) is 11.3 Å². The number of aromatic nitrogens is 1. The molecular formula is C18H18N2O3S. The van der Waals surface area contributed by atoms with E-state index in [-0.39, 0.29) is 23.3 Å². The summed E-state index contributed by atoms with van der Waals surface area (Å²) in [6.07, 6.45) is -0.918. The van der Waals surface area contributed by atoms with Crippen molar-refractivity contribution in [3.05, 3.63) is 64.7 Å². The van der Waals surface area contributed by atoms with Crippen molar-refractivity contribution in [1.82, 2.24) is 10.5 Å². The van der Waals surface area contributed by atoms with Crippen LogP contribution in [0.15, 0.2) is 52.4 Å². The van der Waals surface area contributed by atoms with E-state index in [9.17, 15) is 9.90 Å². The van der Waals surface area contributed by atoms with Crippen LogP contribution in [0.25, 0.3) is 10.6 Å². The molecule has 0 saturated carbocycles. The van der Waals surface area contributed by atoms with E-state index in [0.717, 1.165) is 10.4 Å². The van der Waals surface area contributed by atoms with E-state index in [1.54, 1.807) is 6.92 Å². The van der Waals surface area contributed by atoms with Crippen molar-refractivity contribution in [2.75, 3.05) is 0 Å². The molecule has 124 valence electrons. The largest absolute Gasteiger partial charge is 0.385 e. The van der Waals surface area contributed by atoms with Crippen LogP contribution in [-0.2, 0) is 0 Å². The number of aliphatic hydroxyl groups is 1. The number of carbonyl (C=O) groups excluding carboxylic acids is 1. The Kier molecular flexibility index (Phi) is 4.78. The molecule has 2 aromatic heterocycles. The maximum absolute atomic E-state index is 12.8. The zero-order chi connectivity index (χ0) is 17.1. The van der Waals surface area contributed by atoms with Crippen LogP contribution in [0.4, 0.5) is 0 Å². The number of benzene rings is 1. The van der Waals surface area contributed by atoms with E-state index < -0.39 is 6.10 Å². The van der Waals surface area contributed by atoms with E-state index in [1.807, 2.05) is 54.8 Å². The Balaban J connectivity index is 1.92. The lowest BCUT2D eigenvalue weighted by Crippen LogP contribution is -2.27. The summed E-state index contributed by atoms with van der Waals surface area (Å²) in [7, 11) is 0.